The maximum absolute atomic E-state index is 5.24. The van der Waals surface area contributed by atoms with E-state index in [0.29, 0.717) is 5.92 Å². The van der Waals surface area contributed by atoms with Gasteiger partial charge < -0.3 is 4.98 Å². The summed E-state index contributed by atoms with van der Waals surface area (Å²) in [7, 11) is 0. The Morgan fingerprint density at radius 2 is 2.19 bits per heavy atom. The first-order valence-corrected chi connectivity index (χ1v) is 6.80. The van der Waals surface area contributed by atoms with E-state index in [1.54, 1.807) is 0 Å². The van der Waals surface area contributed by atoms with E-state index >= 15 is 0 Å². The molecule has 2 nitrogen and oxygen atoms in total. The van der Waals surface area contributed by atoms with Gasteiger partial charge in [-0.25, -0.2) is 4.98 Å². The van der Waals surface area contributed by atoms with Crippen molar-refractivity contribution in [2.75, 3.05) is 0 Å². The fourth-order valence-corrected chi connectivity index (χ4v) is 2.69. The lowest BCUT2D eigenvalue weighted by atomic mass is 10.0. The molecule has 1 aromatic rings. The van der Waals surface area contributed by atoms with E-state index < -0.39 is 0 Å². The summed E-state index contributed by atoms with van der Waals surface area (Å²) in [5.74, 6) is 1.78. The number of nitrogens with one attached hydrogen (secondary N) is 1. The second kappa shape index (κ2) is 5.58. The van der Waals surface area contributed by atoms with E-state index in [4.69, 9.17) is 12.2 Å². The molecule has 0 aromatic carbocycles. The maximum Gasteiger partial charge on any atom is 0.129 e. The lowest BCUT2D eigenvalue weighted by Crippen LogP contribution is -2.03. The van der Waals surface area contributed by atoms with E-state index in [9.17, 15) is 0 Å². The molecule has 88 valence electrons. The summed E-state index contributed by atoms with van der Waals surface area (Å²) in [5.41, 5.74) is 1.32. The maximum atomic E-state index is 5.24. The number of unbranched alkanes of at least 4 members (excludes halogenated alkanes) is 1. The van der Waals surface area contributed by atoms with Gasteiger partial charge in [0.25, 0.3) is 0 Å². The average Bonchev–Trinajstić information content (AvgIpc) is 2.79. The molecule has 1 fully saturated rings. The molecule has 1 aromatic heterocycles. The molecule has 3 heteroatoms. The number of nitrogens with zero attached hydrogens (tertiary/aromatic N) is 1. The van der Waals surface area contributed by atoms with Crippen LogP contribution >= 0.6 is 12.2 Å². The standard InChI is InChI=1S/C13H20N2S/c1-2-3-8-12-14-11(9-13(16)15-12)10-6-4-5-7-10/h9-10H,2-8H2,1H3,(H,14,15,16). The van der Waals surface area contributed by atoms with Gasteiger partial charge in [0.1, 0.15) is 10.5 Å². The zero-order valence-corrected chi connectivity index (χ0v) is 10.8. The van der Waals surface area contributed by atoms with Crippen LogP contribution in [0.3, 0.4) is 0 Å². The number of hydrogen-bond acceptors (Lipinski definition) is 2. The van der Waals surface area contributed by atoms with Gasteiger partial charge in [-0.1, -0.05) is 38.4 Å². The molecular weight excluding hydrogens is 216 g/mol. The van der Waals surface area contributed by atoms with Crippen LogP contribution in [0, 0.1) is 4.64 Å². The molecule has 0 amide bonds. The number of aromatic amines is 1. The molecular formula is C13H20N2S. The summed E-state index contributed by atoms with van der Waals surface area (Å²) < 4.78 is 0.756. The molecule has 2 rings (SSSR count). The summed E-state index contributed by atoms with van der Waals surface area (Å²) in [6.45, 7) is 2.20. The topological polar surface area (TPSA) is 28.7 Å². The minimum Gasteiger partial charge on any atom is -0.347 e. The lowest BCUT2D eigenvalue weighted by Gasteiger charge is -2.11. The predicted molar refractivity (Wildman–Crippen MR) is 69.2 cm³/mol. The SMILES string of the molecule is CCCCc1nc(=S)cc(C2CCCC2)[nH]1. The molecule has 0 spiro atoms. The first-order valence-electron chi connectivity index (χ1n) is 6.39. The third kappa shape index (κ3) is 2.91. The molecule has 1 heterocycles. The molecule has 1 N–H and O–H groups in total. The van der Waals surface area contributed by atoms with Crippen LogP contribution in [0.5, 0.6) is 0 Å². The molecule has 1 aliphatic carbocycles. The zero-order chi connectivity index (χ0) is 11.4. The normalized spacial score (nSPS) is 16.8. The third-order valence-corrected chi connectivity index (χ3v) is 3.58. The Labute approximate surface area is 103 Å². The van der Waals surface area contributed by atoms with Gasteiger partial charge >= 0.3 is 0 Å². The van der Waals surface area contributed by atoms with Crippen LogP contribution in [0.1, 0.15) is 62.9 Å². The summed E-state index contributed by atoms with van der Waals surface area (Å²) in [4.78, 5) is 7.89. The summed E-state index contributed by atoms with van der Waals surface area (Å²) in [5, 5.41) is 0. The second-order valence-corrected chi connectivity index (χ2v) is 5.12. The Morgan fingerprint density at radius 3 is 2.88 bits per heavy atom. The highest BCUT2D eigenvalue weighted by molar-refractivity contribution is 7.71. The van der Waals surface area contributed by atoms with E-state index in [-0.39, 0.29) is 0 Å². The van der Waals surface area contributed by atoms with E-state index in [1.165, 1.54) is 44.2 Å². The Hall–Kier alpha value is -0.700. The lowest BCUT2D eigenvalue weighted by molar-refractivity contribution is 0.671. The first kappa shape index (κ1) is 11.8. The van der Waals surface area contributed by atoms with Gasteiger partial charge in [0.05, 0.1) is 0 Å². The van der Waals surface area contributed by atoms with Crippen molar-refractivity contribution in [3.8, 4) is 0 Å². The number of aromatic nitrogens is 2. The van der Waals surface area contributed by atoms with Crippen molar-refractivity contribution in [2.24, 2.45) is 0 Å². The number of H-pyrrole nitrogens is 1. The molecule has 0 bridgehead atoms. The van der Waals surface area contributed by atoms with Crippen LogP contribution in [-0.4, -0.2) is 9.97 Å². The average molecular weight is 236 g/mol. The van der Waals surface area contributed by atoms with E-state index in [1.807, 2.05) is 0 Å². The zero-order valence-electron chi connectivity index (χ0n) is 9.96. The van der Waals surface area contributed by atoms with Crippen molar-refractivity contribution in [3.63, 3.8) is 0 Å². The molecule has 1 saturated carbocycles. The Balaban J connectivity index is 2.17. The summed E-state index contributed by atoms with van der Waals surface area (Å²) in [6, 6.07) is 2.06. The van der Waals surface area contributed by atoms with Gasteiger partial charge in [0.15, 0.2) is 0 Å². The van der Waals surface area contributed by atoms with E-state index in [2.05, 4.69) is 23.0 Å². The second-order valence-electron chi connectivity index (χ2n) is 4.71. The van der Waals surface area contributed by atoms with Gasteiger partial charge in [0.2, 0.25) is 0 Å². The number of aryl methyl sites for hydroxylation is 1. The molecule has 0 aliphatic heterocycles. The van der Waals surface area contributed by atoms with Crippen LogP contribution in [0.2, 0.25) is 0 Å². The van der Waals surface area contributed by atoms with Crippen LogP contribution in [0.4, 0.5) is 0 Å². The monoisotopic (exact) mass is 236 g/mol. The van der Waals surface area contributed by atoms with Gasteiger partial charge in [-0.15, -0.1) is 0 Å². The van der Waals surface area contributed by atoms with Crippen molar-refractivity contribution < 1.29 is 0 Å². The fraction of sp³-hybridized carbons (Fsp3) is 0.692. The van der Waals surface area contributed by atoms with Crippen LogP contribution in [0.25, 0.3) is 0 Å². The van der Waals surface area contributed by atoms with Gasteiger partial charge in [-0.3, -0.25) is 0 Å². The quantitative estimate of drug-likeness (QED) is 0.796. The van der Waals surface area contributed by atoms with Crippen molar-refractivity contribution in [1.29, 1.82) is 0 Å². The van der Waals surface area contributed by atoms with Crippen LogP contribution in [-0.2, 0) is 6.42 Å². The van der Waals surface area contributed by atoms with Crippen molar-refractivity contribution in [3.05, 3.63) is 22.2 Å². The molecule has 0 saturated heterocycles. The van der Waals surface area contributed by atoms with Crippen molar-refractivity contribution in [2.45, 2.75) is 57.8 Å². The largest absolute Gasteiger partial charge is 0.347 e. The highest BCUT2D eigenvalue weighted by Crippen LogP contribution is 2.32. The van der Waals surface area contributed by atoms with Crippen LogP contribution in [0.15, 0.2) is 6.07 Å². The number of rotatable bonds is 4. The Morgan fingerprint density at radius 1 is 1.44 bits per heavy atom. The Kier molecular flexibility index (Phi) is 4.10. The molecule has 16 heavy (non-hydrogen) atoms. The van der Waals surface area contributed by atoms with Gasteiger partial charge in [-0.05, 0) is 31.2 Å². The predicted octanol–water partition coefficient (Wildman–Crippen LogP) is 4.14. The third-order valence-electron chi connectivity index (χ3n) is 3.37. The number of hydrogen-bond donors (Lipinski definition) is 1. The minimum atomic E-state index is 0.699. The minimum absolute atomic E-state index is 0.699. The molecule has 1 aliphatic rings. The van der Waals surface area contributed by atoms with Crippen molar-refractivity contribution in [1.82, 2.24) is 9.97 Å². The van der Waals surface area contributed by atoms with Crippen LogP contribution < -0.4 is 0 Å². The highest BCUT2D eigenvalue weighted by Gasteiger charge is 2.18. The van der Waals surface area contributed by atoms with Gasteiger partial charge in [-0.2, -0.15) is 0 Å². The molecule has 0 radical (unpaired) electrons. The molecule has 0 atom stereocenters. The van der Waals surface area contributed by atoms with Gasteiger partial charge in [0, 0.05) is 12.1 Å². The van der Waals surface area contributed by atoms with Crippen molar-refractivity contribution >= 4 is 12.2 Å². The Bertz CT molecular complexity index is 391. The molecule has 0 unspecified atom stereocenters. The highest BCUT2D eigenvalue weighted by atomic mass is 32.1. The summed E-state index contributed by atoms with van der Waals surface area (Å²) in [6.07, 6.45) is 8.75. The summed E-state index contributed by atoms with van der Waals surface area (Å²) >= 11 is 5.24. The smallest absolute Gasteiger partial charge is 0.129 e. The first-order chi connectivity index (χ1) is 7.79. The van der Waals surface area contributed by atoms with E-state index in [0.717, 1.165) is 16.9 Å². The fourth-order valence-electron chi connectivity index (χ4n) is 2.45.